The summed E-state index contributed by atoms with van der Waals surface area (Å²) in [5.41, 5.74) is 0.814. The lowest BCUT2D eigenvalue weighted by Crippen LogP contribution is -2.01. The lowest BCUT2D eigenvalue weighted by Gasteiger charge is -2.06. The van der Waals surface area contributed by atoms with Gasteiger partial charge in [0.1, 0.15) is 5.56 Å². The van der Waals surface area contributed by atoms with Crippen molar-refractivity contribution in [3.63, 3.8) is 0 Å². The zero-order valence-electron chi connectivity index (χ0n) is 8.06. The number of hydrogen-bond donors (Lipinski definition) is 2. The van der Waals surface area contributed by atoms with Crippen LogP contribution in [0.2, 0.25) is 0 Å². The molecule has 2 aromatic rings. The molecule has 0 saturated heterocycles. The summed E-state index contributed by atoms with van der Waals surface area (Å²) in [4.78, 5) is 15.1. The average Bonchev–Trinajstić information content (AvgIpc) is 2.19. The van der Waals surface area contributed by atoms with Crippen molar-refractivity contribution in [3.8, 4) is 5.75 Å². The van der Waals surface area contributed by atoms with Crippen LogP contribution in [-0.2, 0) is 0 Å². The van der Waals surface area contributed by atoms with Crippen LogP contribution >= 0.6 is 0 Å². The zero-order valence-corrected chi connectivity index (χ0v) is 8.06. The molecule has 0 aliphatic rings. The van der Waals surface area contributed by atoms with Crippen molar-refractivity contribution >= 4 is 16.9 Å². The fourth-order valence-corrected chi connectivity index (χ4v) is 1.54. The molecular formula is C11H9NO3. The van der Waals surface area contributed by atoms with Crippen molar-refractivity contribution in [2.24, 2.45) is 0 Å². The molecule has 0 atom stereocenters. The standard InChI is InChI=1S/C11H9NO3/c1-6-10(13)9(11(14)15)7-4-2-3-5-8(7)12-6/h2-5,13H,1H3,(H,14,15). The van der Waals surface area contributed by atoms with Crippen molar-refractivity contribution in [2.45, 2.75) is 6.92 Å². The quantitative estimate of drug-likeness (QED) is 0.743. The first-order valence-electron chi connectivity index (χ1n) is 4.43. The predicted octanol–water partition coefficient (Wildman–Crippen LogP) is 1.95. The molecule has 0 radical (unpaired) electrons. The van der Waals surface area contributed by atoms with Crippen LogP contribution in [0.3, 0.4) is 0 Å². The summed E-state index contributed by atoms with van der Waals surface area (Å²) in [5.74, 6) is -1.41. The number of pyridine rings is 1. The second-order valence-corrected chi connectivity index (χ2v) is 3.24. The van der Waals surface area contributed by atoms with Gasteiger partial charge >= 0.3 is 5.97 Å². The number of aromatic carboxylic acids is 1. The van der Waals surface area contributed by atoms with Gasteiger partial charge in [0.05, 0.1) is 11.2 Å². The van der Waals surface area contributed by atoms with Gasteiger partial charge in [-0.15, -0.1) is 0 Å². The highest BCUT2D eigenvalue weighted by Gasteiger charge is 2.17. The van der Waals surface area contributed by atoms with Gasteiger partial charge in [-0.05, 0) is 13.0 Å². The van der Waals surface area contributed by atoms with E-state index in [1.807, 2.05) is 0 Å². The maximum atomic E-state index is 11.0. The molecule has 0 bridgehead atoms. The second kappa shape index (κ2) is 3.24. The number of hydrogen-bond acceptors (Lipinski definition) is 3. The molecule has 1 aromatic heterocycles. The van der Waals surface area contributed by atoms with Crippen molar-refractivity contribution in [2.75, 3.05) is 0 Å². The van der Waals surface area contributed by atoms with E-state index < -0.39 is 5.97 Å². The molecule has 0 spiro atoms. The molecule has 0 amide bonds. The molecule has 0 unspecified atom stereocenters. The molecule has 0 aliphatic heterocycles. The lowest BCUT2D eigenvalue weighted by atomic mass is 10.1. The molecule has 4 heteroatoms. The van der Waals surface area contributed by atoms with Crippen molar-refractivity contribution in [3.05, 3.63) is 35.5 Å². The molecule has 0 fully saturated rings. The third-order valence-electron chi connectivity index (χ3n) is 2.25. The lowest BCUT2D eigenvalue weighted by molar-refractivity contribution is 0.0695. The SMILES string of the molecule is Cc1nc2ccccc2c(C(=O)O)c1O. The Morgan fingerprint density at radius 3 is 2.67 bits per heavy atom. The Morgan fingerprint density at radius 2 is 2.00 bits per heavy atom. The Balaban J connectivity index is 2.95. The van der Waals surface area contributed by atoms with Gasteiger partial charge in [-0.2, -0.15) is 0 Å². The summed E-state index contributed by atoms with van der Waals surface area (Å²) in [6.45, 7) is 1.58. The third kappa shape index (κ3) is 1.40. The maximum Gasteiger partial charge on any atom is 0.340 e. The Kier molecular flexibility index (Phi) is 2.04. The van der Waals surface area contributed by atoms with E-state index in [4.69, 9.17) is 5.11 Å². The zero-order chi connectivity index (χ0) is 11.0. The van der Waals surface area contributed by atoms with Crippen LogP contribution in [-0.4, -0.2) is 21.2 Å². The van der Waals surface area contributed by atoms with Crippen molar-refractivity contribution in [1.29, 1.82) is 0 Å². The van der Waals surface area contributed by atoms with E-state index in [0.29, 0.717) is 16.6 Å². The number of aromatic hydroxyl groups is 1. The van der Waals surface area contributed by atoms with Crippen LogP contribution in [0.5, 0.6) is 5.75 Å². The summed E-state index contributed by atoms with van der Waals surface area (Å²) < 4.78 is 0. The number of aromatic nitrogens is 1. The van der Waals surface area contributed by atoms with Crippen LogP contribution in [0.4, 0.5) is 0 Å². The second-order valence-electron chi connectivity index (χ2n) is 3.24. The molecule has 0 saturated carbocycles. The molecule has 1 aromatic carbocycles. The fourth-order valence-electron chi connectivity index (χ4n) is 1.54. The van der Waals surface area contributed by atoms with E-state index >= 15 is 0 Å². The number of benzene rings is 1. The van der Waals surface area contributed by atoms with E-state index in [1.165, 1.54) is 0 Å². The smallest absolute Gasteiger partial charge is 0.340 e. The average molecular weight is 203 g/mol. The monoisotopic (exact) mass is 203 g/mol. The first-order chi connectivity index (χ1) is 7.11. The highest BCUT2D eigenvalue weighted by atomic mass is 16.4. The number of carboxylic acids is 1. The van der Waals surface area contributed by atoms with E-state index in [-0.39, 0.29) is 11.3 Å². The van der Waals surface area contributed by atoms with Crippen molar-refractivity contribution in [1.82, 2.24) is 4.98 Å². The van der Waals surface area contributed by atoms with Gasteiger partial charge in [-0.3, -0.25) is 0 Å². The minimum atomic E-state index is -1.14. The maximum absolute atomic E-state index is 11.0. The first kappa shape index (κ1) is 9.45. The van der Waals surface area contributed by atoms with Crippen LogP contribution in [0, 0.1) is 6.92 Å². The highest BCUT2D eigenvalue weighted by molar-refractivity contribution is 6.05. The normalized spacial score (nSPS) is 10.5. The minimum absolute atomic E-state index is 0.0851. The van der Waals surface area contributed by atoms with Gasteiger partial charge in [-0.25, -0.2) is 9.78 Å². The van der Waals surface area contributed by atoms with E-state index in [0.717, 1.165) is 0 Å². The summed E-state index contributed by atoms with van der Waals surface area (Å²) in [6.07, 6.45) is 0. The molecule has 0 aliphatic carbocycles. The van der Waals surface area contributed by atoms with Crippen LogP contribution in [0.25, 0.3) is 10.9 Å². The van der Waals surface area contributed by atoms with E-state index in [2.05, 4.69) is 4.98 Å². The largest absolute Gasteiger partial charge is 0.505 e. The number of carbonyl (C=O) groups is 1. The van der Waals surface area contributed by atoms with E-state index in [9.17, 15) is 9.90 Å². The van der Waals surface area contributed by atoms with Crippen LogP contribution in [0.15, 0.2) is 24.3 Å². The topological polar surface area (TPSA) is 70.4 Å². The third-order valence-corrected chi connectivity index (χ3v) is 2.25. The molecule has 4 nitrogen and oxygen atoms in total. The van der Waals surface area contributed by atoms with Gasteiger partial charge in [-0.1, -0.05) is 18.2 Å². The number of fused-ring (bicyclic) bond motifs is 1. The Labute approximate surface area is 85.8 Å². The van der Waals surface area contributed by atoms with Gasteiger partial charge in [0.2, 0.25) is 0 Å². The van der Waals surface area contributed by atoms with Crippen LogP contribution < -0.4 is 0 Å². The van der Waals surface area contributed by atoms with Crippen LogP contribution in [0.1, 0.15) is 16.1 Å². The Hall–Kier alpha value is -2.10. The molecule has 2 rings (SSSR count). The number of carboxylic acid groups (broad SMARTS) is 1. The predicted molar refractivity (Wildman–Crippen MR) is 55.1 cm³/mol. The highest BCUT2D eigenvalue weighted by Crippen LogP contribution is 2.28. The summed E-state index contributed by atoms with van der Waals surface area (Å²) in [7, 11) is 0. The fraction of sp³-hybridized carbons (Fsp3) is 0.0909. The number of rotatable bonds is 1. The summed E-state index contributed by atoms with van der Waals surface area (Å²) in [6, 6.07) is 6.84. The van der Waals surface area contributed by atoms with Gasteiger partial charge in [0.15, 0.2) is 5.75 Å². The minimum Gasteiger partial charge on any atom is -0.505 e. The molecule has 76 valence electrons. The number of para-hydroxylation sites is 1. The number of nitrogens with zero attached hydrogens (tertiary/aromatic N) is 1. The van der Waals surface area contributed by atoms with Gasteiger partial charge < -0.3 is 10.2 Å². The van der Waals surface area contributed by atoms with Gasteiger partial charge in [0.25, 0.3) is 0 Å². The van der Waals surface area contributed by atoms with E-state index in [1.54, 1.807) is 31.2 Å². The summed E-state index contributed by atoms with van der Waals surface area (Å²) in [5, 5.41) is 19.1. The number of aryl methyl sites for hydroxylation is 1. The summed E-state index contributed by atoms with van der Waals surface area (Å²) >= 11 is 0. The molecule has 2 N–H and O–H groups in total. The molecular weight excluding hydrogens is 194 g/mol. The van der Waals surface area contributed by atoms with Gasteiger partial charge in [0, 0.05) is 5.39 Å². The van der Waals surface area contributed by atoms with Crippen molar-refractivity contribution < 1.29 is 15.0 Å². The Morgan fingerprint density at radius 1 is 1.33 bits per heavy atom. The molecule has 1 heterocycles. The Bertz CT molecular complexity index is 549. The first-order valence-corrected chi connectivity index (χ1v) is 4.43. The molecule has 15 heavy (non-hydrogen) atoms.